The van der Waals surface area contributed by atoms with E-state index in [0.717, 1.165) is 22.2 Å². The first-order valence-corrected chi connectivity index (χ1v) is 4.99. The van der Waals surface area contributed by atoms with Gasteiger partial charge in [0.1, 0.15) is 17.5 Å². The maximum atomic E-state index is 9.13. The molecule has 2 N–H and O–H groups in total. The van der Waals surface area contributed by atoms with E-state index in [0.29, 0.717) is 12.2 Å². The van der Waals surface area contributed by atoms with Crippen molar-refractivity contribution in [2.45, 2.75) is 6.54 Å². The summed E-state index contributed by atoms with van der Waals surface area (Å²) in [4.78, 5) is 0. The van der Waals surface area contributed by atoms with Gasteiger partial charge in [-0.3, -0.25) is 0 Å². The summed E-state index contributed by atoms with van der Waals surface area (Å²) in [5.74, 6) is 0.759. The van der Waals surface area contributed by atoms with Gasteiger partial charge in [0, 0.05) is 24.5 Å². The van der Waals surface area contributed by atoms with E-state index in [-0.39, 0.29) is 0 Å². The lowest BCUT2D eigenvalue weighted by molar-refractivity contribution is 0.419. The van der Waals surface area contributed by atoms with Gasteiger partial charge < -0.3 is 15.0 Å². The van der Waals surface area contributed by atoms with Crippen LogP contribution in [0, 0.1) is 11.3 Å². The van der Waals surface area contributed by atoms with E-state index >= 15 is 0 Å². The number of nitrogens with two attached hydrogens (primary N) is 1. The molecule has 0 spiro atoms. The molecule has 1 aromatic carbocycles. The van der Waals surface area contributed by atoms with Crippen molar-refractivity contribution in [3.8, 4) is 11.8 Å². The van der Waals surface area contributed by atoms with Crippen molar-refractivity contribution < 1.29 is 4.74 Å². The van der Waals surface area contributed by atoms with Gasteiger partial charge in [0.2, 0.25) is 0 Å². The Balaban J connectivity index is 2.95. The van der Waals surface area contributed by atoms with Gasteiger partial charge in [0.05, 0.1) is 12.6 Å². The average Bonchev–Trinajstić information content (AvgIpc) is 2.61. The second-order valence-electron chi connectivity index (χ2n) is 3.56. The van der Waals surface area contributed by atoms with Crippen LogP contribution in [0.1, 0.15) is 11.3 Å². The van der Waals surface area contributed by atoms with Crippen molar-refractivity contribution in [2.75, 3.05) is 7.11 Å². The Labute approximate surface area is 93.8 Å². The molecule has 0 unspecified atom stereocenters. The number of nitrogens with zero attached hydrogens (tertiary/aromatic N) is 2. The van der Waals surface area contributed by atoms with Crippen LogP contribution >= 0.6 is 0 Å². The van der Waals surface area contributed by atoms with Crippen LogP contribution in [-0.2, 0) is 13.6 Å². The predicted octanol–water partition coefficient (Wildman–Crippen LogP) is 1.52. The van der Waals surface area contributed by atoms with Crippen LogP contribution in [0.5, 0.6) is 5.75 Å². The predicted molar refractivity (Wildman–Crippen MR) is 62.1 cm³/mol. The van der Waals surface area contributed by atoms with Gasteiger partial charge in [-0.2, -0.15) is 5.26 Å². The number of ether oxygens (including phenoxy) is 1. The lowest BCUT2D eigenvalue weighted by atomic mass is 10.1. The molecular weight excluding hydrogens is 202 g/mol. The number of methoxy groups -OCH3 is 1. The van der Waals surface area contributed by atoms with Crippen LogP contribution in [-0.4, -0.2) is 11.7 Å². The van der Waals surface area contributed by atoms with Crippen molar-refractivity contribution in [1.82, 2.24) is 4.57 Å². The molecule has 0 fully saturated rings. The molecule has 4 heteroatoms. The minimum atomic E-state index is 0.334. The van der Waals surface area contributed by atoms with Gasteiger partial charge in [-0.15, -0.1) is 0 Å². The summed E-state index contributed by atoms with van der Waals surface area (Å²) < 4.78 is 7.15. The Morgan fingerprint density at radius 1 is 1.50 bits per heavy atom. The molecule has 1 heterocycles. The standard InChI is InChI=1S/C12H13N3O/c1-15-9-4-3-5-11(16-2)12(9)8(6-13)10(15)7-14/h3-5H,6,13H2,1-2H3. The number of rotatable bonds is 2. The molecule has 0 bridgehead atoms. The first-order valence-electron chi connectivity index (χ1n) is 4.99. The van der Waals surface area contributed by atoms with E-state index in [1.807, 2.05) is 29.8 Å². The van der Waals surface area contributed by atoms with E-state index in [2.05, 4.69) is 6.07 Å². The highest BCUT2D eigenvalue weighted by Gasteiger charge is 2.16. The average molecular weight is 215 g/mol. The normalized spacial score (nSPS) is 10.4. The van der Waals surface area contributed by atoms with E-state index in [9.17, 15) is 0 Å². The van der Waals surface area contributed by atoms with Crippen LogP contribution in [0.25, 0.3) is 10.9 Å². The van der Waals surface area contributed by atoms with Crippen molar-refractivity contribution in [3.05, 3.63) is 29.5 Å². The molecule has 0 amide bonds. The second-order valence-corrected chi connectivity index (χ2v) is 3.56. The summed E-state index contributed by atoms with van der Waals surface area (Å²) in [5.41, 5.74) is 8.12. The number of fused-ring (bicyclic) bond motifs is 1. The smallest absolute Gasteiger partial charge is 0.128 e. The molecule has 82 valence electrons. The topological polar surface area (TPSA) is 64.0 Å². The molecule has 4 nitrogen and oxygen atoms in total. The van der Waals surface area contributed by atoms with Crippen molar-refractivity contribution in [3.63, 3.8) is 0 Å². The number of hydrogen-bond acceptors (Lipinski definition) is 3. The third-order valence-electron chi connectivity index (χ3n) is 2.82. The zero-order valence-electron chi connectivity index (χ0n) is 9.32. The first-order chi connectivity index (χ1) is 7.74. The fraction of sp³-hybridized carbons (Fsp3) is 0.250. The maximum Gasteiger partial charge on any atom is 0.128 e. The van der Waals surface area contributed by atoms with Gasteiger partial charge in [0.25, 0.3) is 0 Å². The number of hydrogen-bond donors (Lipinski definition) is 1. The van der Waals surface area contributed by atoms with Crippen LogP contribution in [0.2, 0.25) is 0 Å². The number of aryl methyl sites for hydroxylation is 1. The molecule has 0 aliphatic heterocycles. The number of aromatic nitrogens is 1. The largest absolute Gasteiger partial charge is 0.496 e. The van der Waals surface area contributed by atoms with Crippen LogP contribution in [0.4, 0.5) is 0 Å². The highest BCUT2D eigenvalue weighted by molar-refractivity contribution is 5.92. The fourth-order valence-electron chi connectivity index (χ4n) is 2.05. The lowest BCUT2D eigenvalue weighted by Crippen LogP contribution is -2.00. The summed E-state index contributed by atoms with van der Waals surface area (Å²) in [6.07, 6.45) is 0. The summed E-state index contributed by atoms with van der Waals surface area (Å²) in [7, 11) is 3.48. The molecule has 0 saturated carbocycles. The van der Waals surface area contributed by atoms with Gasteiger partial charge in [-0.1, -0.05) is 6.07 Å². The minimum Gasteiger partial charge on any atom is -0.496 e. The van der Waals surface area contributed by atoms with Crippen molar-refractivity contribution in [2.24, 2.45) is 12.8 Å². The van der Waals surface area contributed by atoms with E-state index in [1.165, 1.54) is 0 Å². The number of benzene rings is 1. The third-order valence-corrected chi connectivity index (χ3v) is 2.82. The Hall–Kier alpha value is -1.99. The van der Waals surface area contributed by atoms with Gasteiger partial charge >= 0.3 is 0 Å². The molecule has 0 radical (unpaired) electrons. The van der Waals surface area contributed by atoms with E-state index < -0.39 is 0 Å². The zero-order valence-corrected chi connectivity index (χ0v) is 9.32. The monoisotopic (exact) mass is 215 g/mol. The van der Waals surface area contributed by atoms with Crippen LogP contribution < -0.4 is 10.5 Å². The second kappa shape index (κ2) is 3.87. The fourth-order valence-corrected chi connectivity index (χ4v) is 2.05. The van der Waals surface area contributed by atoms with Gasteiger partial charge in [0.15, 0.2) is 0 Å². The molecule has 0 saturated heterocycles. The highest BCUT2D eigenvalue weighted by atomic mass is 16.5. The molecule has 1 aromatic heterocycles. The van der Waals surface area contributed by atoms with E-state index in [4.69, 9.17) is 15.7 Å². The lowest BCUT2D eigenvalue weighted by Gasteiger charge is -2.03. The van der Waals surface area contributed by atoms with Gasteiger partial charge in [-0.25, -0.2) is 0 Å². The summed E-state index contributed by atoms with van der Waals surface area (Å²) in [6.45, 7) is 0.334. The summed E-state index contributed by atoms with van der Waals surface area (Å²) in [6, 6.07) is 7.92. The SMILES string of the molecule is COc1cccc2c1c(CN)c(C#N)n2C. The quantitative estimate of drug-likeness (QED) is 0.826. The summed E-state index contributed by atoms with van der Waals surface area (Å²) in [5, 5.41) is 10.1. The Morgan fingerprint density at radius 3 is 2.81 bits per heavy atom. The molecule has 2 aromatic rings. The maximum absolute atomic E-state index is 9.13. The third kappa shape index (κ3) is 1.26. The molecule has 0 aliphatic carbocycles. The van der Waals surface area contributed by atoms with Gasteiger partial charge in [-0.05, 0) is 12.1 Å². The molecular formula is C12H13N3O. The molecule has 0 atom stereocenters. The highest BCUT2D eigenvalue weighted by Crippen LogP contribution is 2.32. The molecule has 0 aliphatic rings. The first kappa shape index (κ1) is 10.5. The Bertz CT molecular complexity index is 578. The van der Waals surface area contributed by atoms with Crippen LogP contribution in [0.15, 0.2) is 18.2 Å². The van der Waals surface area contributed by atoms with Crippen molar-refractivity contribution >= 4 is 10.9 Å². The van der Waals surface area contributed by atoms with E-state index in [1.54, 1.807) is 7.11 Å². The van der Waals surface area contributed by atoms with Crippen LogP contribution in [0.3, 0.4) is 0 Å². The van der Waals surface area contributed by atoms with Crippen molar-refractivity contribution in [1.29, 1.82) is 5.26 Å². The Kier molecular flexibility index (Phi) is 2.55. The summed E-state index contributed by atoms with van der Waals surface area (Å²) >= 11 is 0. The molecule has 2 rings (SSSR count). The Morgan fingerprint density at radius 2 is 2.25 bits per heavy atom. The number of nitriles is 1. The zero-order chi connectivity index (χ0) is 11.7. The molecule has 16 heavy (non-hydrogen) atoms. The minimum absolute atomic E-state index is 0.334.